The first-order valence-corrected chi connectivity index (χ1v) is 6.26. The molecule has 0 aromatic heterocycles. The number of hydrogen-bond acceptors (Lipinski definition) is 0. The van der Waals surface area contributed by atoms with Gasteiger partial charge in [-0.05, 0) is 49.6 Å². The second kappa shape index (κ2) is 4.40. The molecule has 0 aliphatic heterocycles. The minimum Gasteiger partial charge on any atom is -0.0712 e. The number of alkyl halides is 2. The first-order chi connectivity index (χ1) is 5.11. The highest BCUT2D eigenvalue weighted by atomic mass is 79.9. The zero-order valence-corrected chi connectivity index (χ0v) is 11.7. The van der Waals surface area contributed by atoms with E-state index < -0.39 is 0 Å². The normalized spacial score (nSPS) is 10.6. The van der Waals surface area contributed by atoms with E-state index in [9.17, 15) is 0 Å². The molecule has 0 amide bonds. The molecular weight excluding hydrogens is 404 g/mol. The molecule has 0 atom stereocenters. The molecule has 1 aromatic carbocycles. The lowest BCUT2D eigenvalue weighted by Crippen LogP contribution is -1.80. The Morgan fingerprint density at radius 2 is 1.64 bits per heavy atom. The van der Waals surface area contributed by atoms with Gasteiger partial charge in [0.15, 0.2) is 0 Å². The molecule has 0 saturated heterocycles. The average molecular weight is 408 g/mol. The second-order valence-corrected chi connectivity index (χ2v) is 6.74. The van der Waals surface area contributed by atoms with Gasteiger partial charge in [-0.2, -0.15) is 0 Å². The van der Waals surface area contributed by atoms with Gasteiger partial charge in [-0.25, -0.2) is 0 Å². The molecule has 0 radical (unpaired) electrons. The highest BCUT2D eigenvalue weighted by Gasteiger charge is 2.03. The lowest BCUT2D eigenvalue weighted by molar-refractivity contribution is 1.39. The maximum absolute atomic E-state index is 3.43. The van der Waals surface area contributed by atoms with E-state index in [-0.39, 0.29) is 3.74 Å². The lowest BCUT2D eigenvalue weighted by Gasteiger charge is -2.03. The summed E-state index contributed by atoms with van der Waals surface area (Å²) in [5.74, 6) is 0. The highest BCUT2D eigenvalue weighted by molar-refractivity contribution is 9.24. The number of rotatable bonds is 1. The number of halogens is 4. The van der Waals surface area contributed by atoms with Gasteiger partial charge in [-0.15, -0.1) is 0 Å². The molecule has 0 unspecified atom stereocenters. The van der Waals surface area contributed by atoms with E-state index in [2.05, 4.69) is 69.8 Å². The molecule has 0 nitrogen and oxygen atoms in total. The largest absolute Gasteiger partial charge is 0.0946 e. The summed E-state index contributed by atoms with van der Waals surface area (Å²) in [4.78, 5) is 0. The zero-order chi connectivity index (χ0) is 8.43. The first kappa shape index (κ1) is 10.2. The van der Waals surface area contributed by atoms with E-state index in [1.54, 1.807) is 0 Å². The fraction of sp³-hybridized carbons (Fsp3) is 0.143. The van der Waals surface area contributed by atoms with Gasteiger partial charge in [-0.3, -0.25) is 0 Å². The van der Waals surface area contributed by atoms with Crippen molar-refractivity contribution in [1.82, 2.24) is 0 Å². The maximum Gasteiger partial charge on any atom is 0.0946 e. The van der Waals surface area contributed by atoms with Crippen LogP contribution in [0.3, 0.4) is 0 Å². The van der Waals surface area contributed by atoms with Gasteiger partial charge in [0.25, 0.3) is 0 Å². The minimum atomic E-state index is 0.222. The molecule has 0 N–H and O–H groups in total. The fourth-order valence-electron chi connectivity index (χ4n) is 0.648. The summed E-state index contributed by atoms with van der Waals surface area (Å²) in [5.41, 5.74) is 1.19. The van der Waals surface area contributed by atoms with E-state index in [1.165, 1.54) is 5.56 Å². The Morgan fingerprint density at radius 1 is 1.00 bits per heavy atom. The van der Waals surface area contributed by atoms with Crippen LogP contribution in [0.5, 0.6) is 0 Å². The van der Waals surface area contributed by atoms with Crippen LogP contribution in [-0.4, -0.2) is 0 Å². The average Bonchev–Trinajstić information content (AvgIpc) is 1.94. The van der Waals surface area contributed by atoms with Crippen LogP contribution >= 0.6 is 63.7 Å². The number of benzene rings is 1. The molecule has 11 heavy (non-hydrogen) atoms. The molecule has 0 aliphatic rings. The summed E-state index contributed by atoms with van der Waals surface area (Å²) in [6, 6.07) is 6.11. The molecule has 1 aromatic rings. The van der Waals surface area contributed by atoms with Gasteiger partial charge < -0.3 is 0 Å². The van der Waals surface area contributed by atoms with Crippen LogP contribution in [0.25, 0.3) is 0 Å². The quantitative estimate of drug-likeness (QED) is 0.575. The van der Waals surface area contributed by atoms with Gasteiger partial charge in [0, 0.05) is 8.95 Å². The van der Waals surface area contributed by atoms with E-state index >= 15 is 0 Å². The van der Waals surface area contributed by atoms with Gasteiger partial charge in [-0.1, -0.05) is 37.9 Å². The van der Waals surface area contributed by atoms with Crippen molar-refractivity contribution in [1.29, 1.82) is 0 Å². The molecular formula is C7H4Br4. The summed E-state index contributed by atoms with van der Waals surface area (Å²) in [6.07, 6.45) is 0. The van der Waals surface area contributed by atoms with Crippen molar-refractivity contribution in [3.63, 3.8) is 0 Å². The standard InChI is InChI=1S/C7H4Br4/c8-5-2-1-4(7(10)11)3-6(5)9/h1-3,7H. The summed E-state index contributed by atoms with van der Waals surface area (Å²) in [6.45, 7) is 0. The Balaban J connectivity index is 3.05. The molecule has 4 heteroatoms. The third kappa shape index (κ3) is 2.83. The first-order valence-electron chi connectivity index (χ1n) is 2.84. The van der Waals surface area contributed by atoms with Crippen molar-refractivity contribution in [2.45, 2.75) is 3.74 Å². The van der Waals surface area contributed by atoms with E-state index in [4.69, 9.17) is 0 Å². The Bertz CT molecular complexity index is 257. The SMILES string of the molecule is Brc1ccc(C(Br)Br)cc1Br. The summed E-state index contributed by atoms with van der Waals surface area (Å²) in [5, 5.41) is 0. The van der Waals surface area contributed by atoms with Gasteiger partial charge >= 0.3 is 0 Å². The van der Waals surface area contributed by atoms with Crippen molar-refractivity contribution in [3.05, 3.63) is 32.7 Å². The Morgan fingerprint density at radius 3 is 2.09 bits per heavy atom. The minimum absolute atomic E-state index is 0.222. The molecule has 60 valence electrons. The van der Waals surface area contributed by atoms with Crippen LogP contribution in [0.4, 0.5) is 0 Å². The van der Waals surface area contributed by atoms with Crippen molar-refractivity contribution in [2.75, 3.05) is 0 Å². The predicted molar refractivity (Wildman–Crippen MR) is 62.4 cm³/mol. The molecule has 0 aliphatic carbocycles. The van der Waals surface area contributed by atoms with E-state index in [0.717, 1.165) is 8.95 Å². The molecule has 1 rings (SSSR count). The molecule has 0 heterocycles. The lowest BCUT2D eigenvalue weighted by atomic mass is 10.2. The summed E-state index contributed by atoms with van der Waals surface area (Å²) >= 11 is 13.7. The van der Waals surface area contributed by atoms with Crippen molar-refractivity contribution in [2.24, 2.45) is 0 Å². The third-order valence-electron chi connectivity index (χ3n) is 1.20. The fourth-order valence-corrected chi connectivity index (χ4v) is 1.86. The van der Waals surface area contributed by atoms with Gasteiger partial charge in [0.2, 0.25) is 0 Å². The second-order valence-electron chi connectivity index (χ2n) is 1.97. The van der Waals surface area contributed by atoms with Crippen LogP contribution in [0.15, 0.2) is 27.1 Å². The molecule has 0 fully saturated rings. The van der Waals surface area contributed by atoms with Crippen molar-refractivity contribution in [3.8, 4) is 0 Å². The Kier molecular flexibility index (Phi) is 4.09. The third-order valence-corrected chi connectivity index (χ3v) is 4.13. The molecule has 0 bridgehead atoms. The number of hydrogen-bond donors (Lipinski definition) is 0. The van der Waals surface area contributed by atoms with Crippen LogP contribution < -0.4 is 0 Å². The summed E-state index contributed by atoms with van der Waals surface area (Å²) < 4.78 is 2.36. The monoisotopic (exact) mass is 404 g/mol. The van der Waals surface area contributed by atoms with Crippen LogP contribution in [-0.2, 0) is 0 Å². The molecule has 0 saturated carbocycles. The van der Waals surface area contributed by atoms with E-state index in [1.807, 2.05) is 12.1 Å². The van der Waals surface area contributed by atoms with Crippen LogP contribution in [0.2, 0.25) is 0 Å². The van der Waals surface area contributed by atoms with E-state index in [0.29, 0.717) is 0 Å². The van der Waals surface area contributed by atoms with Gasteiger partial charge in [0.05, 0.1) is 3.74 Å². The zero-order valence-electron chi connectivity index (χ0n) is 5.32. The van der Waals surface area contributed by atoms with Crippen LogP contribution in [0, 0.1) is 0 Å². The van der Waals surface area contributed by atoms with Crippen LogP contribution in [0.1, 0.15) is 9.30 Å². The predicted octanol–water partition coefficient (Wildman–Crippen LogP) is 5.00. The topological polar surface area (TPSA) is 0 Å². The highest BCUT2D eigenvalue weighted by Crippen LogP contribution is 2.33. The Hall–Kier alpha value is 1.14. The smallest absolute Gasteiger partial charge is 0.0712 e. The van der Waals surface area contributed by atoms with Gasteiger partial charge in [0.1, 0.15) is 0 Å². The maximum atomic E-state index is 3.43. The molecule has 0 spiro atoms. The Labute approximate surface area is 99.3 Å². The summed E-state index contributed by atoms with van der Waals surface area (Å²) in [7, 11) is 0. The van der Waals surface area contributed by atoms with Crippen molar-refractivity contribution >= 4 is 63.7 Å². The van der Waals surface area contributed by atoms with Crippen molar-refractivity contribution < 1.29 is 0 Å².